The minimum atomic E-state index is -3.58. The molecule has 3 N–H and O–H groups in total. The summed E-state index contributed by atoms with van der Waals surface area (Å²) in [5.41, 5.74) is 4.59. The van der Waals surface area contributed by atoms with Crippen molar-refractivity contribution in [3.63, 3.8) is 0 Å². The monoisotopic (exact) mass is 656 g/mol. The molecule has 0 spiro atoms. The van der Waals surface area contributed by atoms with Gasteiger partial charge in [-0.3, -0.25) is 15.5 Å². The van der Waals surface area contributed by atoms with Crippen molar-refractivity contribution in [2.45, 2.75) is 135 Å². The molecule has 6 rings (SSSR count). The van der Waals surface area contributed by atoms with Gasteiger partial charge >= 0.3 is 0 Å². The van der Waals surface area contributed by atoms with Crippen LogP contribution in [0.3, 0.4) is 0 Å². The first-order valence-corrected chi connectivity index (χ1v) is 19.0. The number of anilines is 1. The molecule has 2 saturated heterocycles. The van der Waals surface area contributed by atoms with E-state index in [-0.39, 0.29) is 29.6 Å². The van der Waals surface area contributed by atoms with Gasteiger partial charge in [0, 0.05) is 44.7 Å². The third-order valence-electron chi connectivity index (χ3n) is 10.7. The predicted molar refractivity (Wildman–Crippen MR) is 182 cm³/mol. The lowest BCUT2D eigenvalue weighted by Crippen LogP contribution is -2.64. The summed E-state index contributed by atoms with van der Waals surface area (Å²) in [5.74, 6) is 0.269. The van der Waals surface area contributed by atoms with Gasteiger partial charge in [0.05, 0.1) is 17.6 Å². The largest absolute Gasteiger partial charge is 0.432 e. The van der Waals surface area contributed by atoms with Gasteiger partial charge in [-0.1, -0.05) is 45.4 Å². The molecule has 6 atom stereocenters. The number of rotatable bonds is 6. The highest BCUT2D eigenvalue weighted by molar-refractivity contribution is 7.90. The van der Waals surface area contributed by atoms with Crippen LogP contribution in [0.25, 0.3) is 0 Å². The zero-order valence-corrected chi connectivity index (χ0v) is 29.5. The lowest BCUT2D eigenvalue weighted by molar-refractivity contribution is -0.0517. The maximum Gasteiger partial charge on any atom is 0.297 e. The fourth-order valence-corrected chi connectivity index (χ4v) is 9.73. The van der Waals surface area contributed by atoms with Crippen molar-refractivity contribution in [2.24, 2.45) is 11.3 Å². The van der Waals surface area contributed by atoms with Crippen molar-refractivity contribution in [3.8, 4) is 0 Å². The summed E-state index contributed by atoms with van der Waals surface area (Å²) in [7, 11) is -1.50. The molecule has 0 radical (unpaired) electrons. The van der Waals surface area contributed by atoms with Crippen molar-refractivity contribution in [1.82, 2.24) is 25.2 Å². The number of hydrogen-bond acceptors (Lipinski definition) is 9. The maximum absolute atomic E-state index is 13.9. The summed E-state index contributed by atoms with van der Waals surface area (Å²) in [6, 6.07) is 7.60. The van der Waals surface area contributed by atoms with E-state index < -0.39 is 21.6 Å². The summed E-state index contributed by atoms with van der Waals surface area (Å²) >= 11 is 0. The SMILES string of the molecule is Cc1cccc(C)c1C1CC2NC(N1)NS(=O)(=O)C1CCCC(C1)CN(Cc1coc(N(C)C3CCC3)n1)[C@H](CC(C)(C)C)CO2. The average Bonchev–Trinajstić information content (AvgIpc) is 3.41. The number of aryl methyl sites for hydroxylation is 2. The molecule has 0 amide bonds. The maximum atomic E-state index is 13.9. The Kier molecular flexibility index (Phi) is 10.2. The van der Waals surface area contributed by atoms with E-state index in [9.17, 15) is 8.42 Å². The van der Waals surface area contributed by atoms with E-state index in [1.165, 1.54) is 36.0 Å². The molecule has 256 valence electrons. The average molecular weight is 657 g/mol. The number of sulfonamides is 1. The van der Waals surface area contributed by atoms with Crippen LogP contribution < -0.4 is 20.3 Å². The lowest BCUT2D eigenvalue weighted by Gasteiger charge is -2.40. The van der Waals surface area contributed by atoms with E-state index in [1.54, 1.807) is 0 Å². The molecule has 2 aliphatic heterocycles. The molecular weight excluding hydrogens is 600 g/mol. The Morgan fingerprint density at radius 2 is 1.78 bits per heavy atom. The van der Waals surface area contributed by atoms with Crippen LogP contribution in [-0.4, -0.2) is 68.4 Å². The van der Waals surface area contributed by atoms with Crippen LogP contribution in [-0.2, 0) is 21.3 Å². The fraction of sp³-hybridized carbons (Fsp3) is 0.743. The van der Waals surface area contributed by atoms with Crippen LogP contribution in [0, 0.1) is 25.2 Å². The number of nitrogens with zero attached hydrogens (tertiary/aromatic N) is 3. The normalized spacial score (nSPS) is 31.3. The van der Waals surface area contributed by atoms with Gasteiger partial charge in [-0.25, -0.2) is 8.42 Å². The Morgan fingerprint density at radius 3 is 2.48 bits per heavy atom. The van der Waals surface area contributed by atoms with E-state index in [0.29, 0.717) is 44.5 Å². The van der Waals surface area contributed by atoms with Crippen molar-refractivity contribution in [2.75, 3.05) is 25.1 Å². The number of hydrogen-bond donors (Lipinski definition) is 3. The molecule has 1 aromatic heterocycles. The number of aromatic nitrogens is 1. The summed E-state index contributed by atoms with van der Waals surface area (Å²) in [6.07, 6.45) is 9.40. The number of nitrogens with one attached hydrogen (secondary N) is 3. The van der Waals surface area contributed by atoms with E-state index in [4.69, 9.17) is 14.1 Å². The molecule has 4 fully saturated rings. The second-order valence-corrected chi connectivity index (χ2v) is 17.7. The molecule has 4 aliphatic rings. The third kappa shape index (κ3) is 7.98. The zero-order chi connectivity index (χ0) is 32.6. The lowest BCUT2D eigenvalue weighted by atomic mass is 9.85. The van der Waals surface area contributed by atoms with E-state index in [2.05, 4.69) is 85.0 Å². The van der Waals surface area contributed by atoms with Crippen molar-refractivity contribution >= 4 is 16.0 Å². The van der Waals surface area contributed by atoms with Crippen molar-refractivity contribution in [3.05, 3.63) is 46.8 Å². The Morgan fingerprint density at radius 1 is 1.04 bits per heavy atom. The van der Waals surface area contributed by atoms with Gasteiger partial charge in [-0.2, -0.15) is 9.71 Å². The van der Waals surface area contributed by atoms with E-state index in [0.717, 1.165) is 31.5 Å². The Balaban J connectivity index is 1.31. The van der Waals surface area contributed by atoms with Gasteiger partial charge in [0.2, 0.25) is 10.0 Å². The van der Waals surface area contributed by atoms with E-state index in [1.807, 2.05) is 6.26 Å². The van der Waals surface area contributed by atoms with Gasteiger partial charge in [0.25, 0.3) is 6.01 Å². The van der Waals surface area contributed by atoms with Crippen molar-refractivity contribution in [1.29, 1.82) is 0 Å². The van der Waals surface area contributed by atoms with Crippen LogP contribution >= 0.6 is 0 Å². The Bertz CT molecular complexity index is 1420. The topological polar surface area (TPSA) is 112 Å². The molecule has 11 heteroatoms. The molecule has 2 aromatic rings. The molecule has 5 unspecified atom stereocenters. The zero-order valence-electron chi connectivity index (χ0n) is 28.7. The highest BCUT2D eigenvalue weighted by atomic mass is 32.2. The van der Waals surface area contributed by atoms with Crippen LogP contribution in [0.2, 0.25) is 0 Å². The molecule has 1 aromatic carbocycles. The van der Waals surface area contributed by atoms with Gasteiger partial charge in [-0.05, 0) is 86.8 Å². The molecule has 10 nitrogen and oxygen atoms in total. The van der Waals surface area contributed by atoms with E-state index >= 15 is 0 Å². The minimum Gasteiger partial charge on any atom is -0.432 e. The molecular formula is C35H56N6O4S. The Labute approximate surface area is 276 Å². The summed E-state index contributed by atoms with van der Waals surface area (Å²) in [4.78, 5) is 9.64. The molecule has 4 bridgehead atoms. The third-order valence-corrected chi connectivity index (χ3v) is 12.6. The first-order chi connectivity index (χ1) is 21.8. The highest BCUT2D eigenvalue weighted by Crippen LogP contribution is 2.35. The van der Waals surface area contributed by atoms with Crippen LogP contribution in [0.5, 0.6) is 0 Å². The second kappa shape index (κ2) is 13.8. The number of ether oxygens (including phenoxy) is 1. The van der Waals surface area contributed by atoms with Crippen LogP contribution in [0.15, 0.2) is 28.9 Å². The first kappa shape index (κ1) is 33.9. The van der Waals surface area contributed by atoms with Gasteiger partial charge < -0.3 is 14.1 Å². The van der Waals surface area contributed by atoms with Gasteiger partial charge in [0.1, 0.15) is 18.8 Å². The second-order valence-electron chi connectivity index (χ2n) is 15.7. The van der Waals surface area contributed by atoms with Gasteiger partial charge in [-0.15, -0.1) is 0 Å². The van der Waals surface area contributed by atoms with Crippen LogP contribution in [0.4, 0.5) is 6.01 Å². The fourth-order valence-electron chi connectivity index (χ4n) is 8.07. The number of benzene rings is 1. The van der Waals surface area contributed by atoms with Gasteiger partial charge in [0.15, 0.2) is 0 Å². The number of fused-ring (bicyclic) bond motifs is 4. The molecule has 46 heavy (non-hydrogen) atoms. The predicted octanol–water partition coefficient (Wildman–Crippen LogP) is 5.33. The minimum absolute atomic E-state index is 0.0530. The van der Waals surface area contributed by atoms with Crippen molar-refractivity contribution < 1.29 is 17.6 Å². The smallest absolute Gasteiger partial charge is 0.297 e. The van der Waals surface area contributed by atoms with Crippen LogP contribution in [0.1, 0.15) is 107 Å². The summed E-state index contributed by atoms with van der Waals surface area (Å²) < 4.78 is 43.6. The molecule has 2 aliphatic carbocycles. The summed E-state index contributed by atoms with van der Waals surface area (Å²) in [5, 5.41) is 6.63. The molecule has 3 heterocycles. The Hall–Kier alpha value is -2.02. The number of oxazole rings is 1. The quantitative estimate of drug-likeness (QED) is 0.380. The standard InChI is InChI=1S/C35H56N6O4S/c1-23-10-7-11-24(2)32(23)30-17-31-38-33(37-30)39-46(42,43)29-15-8-12-25(16-29)19-41(28(22-44-31)18-35(3,4)5)20-26-21-45-34(36-26)40(6)27-13-9-14-27/h7,10-11,21,25,27-31,33,37-39H,8-9,12-20,22H2,1-6H3/t25?,28-,29?,30?,31?,33?/m1/s1. The first-order valence-electron chi connectivity index (χ1n) is 17.5. The summed E-state index contributed by atoms with van der Waals surface area (Å²) in [6.45, 7) is 13.1. The highest BCUT2D eigenvalue weighted by Gasteiger charge is 2.39. The molecule has 2 saturated carbocycles.